The van der Waals surface area contributed by atoms with E-state index in [4.69, 9.17) is 14.2 Å². The summed E-state index contributed by atoms with van der Waals surface area (Å²) in [6.07, 6.45) is 47.7. The second-order valence-corrected chi connectivity index (χ2v) is 18.7. The van der Waals surface area contributed by atoms with Gasteiger partial charge in [-0.05, 0) is 64.2 Å². The van der Waals surface area contributed by atoms with Crippen LogP contribution in [-0.2, 0) is 23.8 Å². The SMILES string of the molecule is CC/C=C/C=C/C=C/CCCCCCCCCC(=O)OC1C(OCC(NC(=O)C(O)CCCCCCCC/C=C/C=C/C=C/CC)C(O)/C=C/CCCCCCCCCCC)OC(CO)C(O)C1O. The first-order valence-electron chi connectivity index (χ1n) is 27.4. The Hall–Kier alpha value is -3.16. The van der Waals surface area contributed by atoms with Gasteiger partial charge in [-0.1, -0.05) is 221 Å². The first-order valence-corrected chi connectivity index (χ1v) is 27.4. The number of hydrogen-bond donors (Lipinski definition) is 6. The summed E-state index contributed by atoms with van der Waals surface area (Å²) in [6, 6.07) is -1.04. The molecule has 11 nitrogen and oxygen atoms in total. The molecule has 1 heterocycles. The quantitative estimate of drug-likeness (QED) is 0.0149. The molecule has 1 saturated heterocycles. The molecule has 0 aromatic carbocycles. The van der Waals surface area contributed by atoms with E-state index >= 15 is 0 Å². The zero-order valence-corrected chi connectivity index (χ0v) is 43.4. The highest BCUT2D eigenvalue weighted by Crippen LogP contribution is 2.26. The molecular weight excluding hydrogens is 871 g/mol. The van der Waals surface area contributed by atoms with E-state index in [2.05, 4.69) is 80.8 Å². The molecule has 1 fully saturated rings. The van der Waals surface area contributed by atoms with Crippen molar-refractivity contribution in [1.29, 1.82) is 0 Å². The van der Waals surface area contributed by atoms with Crippen LogP contribution in [0.4, 0.5) is 0 Å². The third-order valence-corrected chi connectivity index (χ3v) is 12.4. The zero-order valence-electron chi connectivity index (χ0n) is 43.4. The topological polar surface area (TPSA) is 175 Å². The maximum Gasteiger partial charge on any atom is 0.306 e. The van der Waals surface area contributed by atoms with Gasteiger partial charge in [0.2, 0.25) is 5.91 Å². The molecule has 6 N–H and O–H groups in total. The lowest BCUT2D eigenvalue weighted by atomic mass is 9.99. The summed E-state index contributed by atoms with van der Waals surface area (Å²) in [6.45, 7) is 5.47. The summed E-state index contributed by atoms with van der Waals surface area (Å²) in [5, 5.41) is 56.7. The van der Waals surface area contributed by atoms with Crippen molar-refractivity contribution < 1.29 is 49.3 Å². The first-order chi connectivity index (χ1) is 33.7. The van der Waals surface area contributed by atoms with Crippen molar-refractivity contribution in [2.24, 2.45) is 0 Å². The van der Waals surface area contributed by atoms with Gasteiger partial charge in [0, 0.05) is 6.42 Å². The average Bonchev–Trinajstić information content (AvgIpc) is 3.34. The Balaban J connectivity index is 2.76. The minimum Gasteiger partial charge on any atom is -0.454 e. The number of carbonyl (C=O) groups is 2. The molecule has 1 aliphatic heterocycles. The van der Waals surface area contributed by atoms with Crippen LogP contribution in [0.2, 0.25) is 0 Å². The van der Waals surface area contributed by atoms with Crippen LogP contribution in [0.25, 0.3) is 0 Å². The highest BCUT2D eigenvalue weighted by Gasteiger charge is 2.47. The van der Waals surface area contributed by atoms with Gasteiger partial charge < -0.3 is 45.1 Å². The number of aliphatic hydroxyl groups excluding tert-OH is 5. The highest BCUT2D eigenvalue weighted by molar-refractivity contribution is 5.80. The van der Waals surface area contributed by atoms with Gasteiger partial charge in [-0.25, -0.2) is 0 Å². The van der Waals surface area contributed by atoms with Crippen LogP contribution >= 0.6 is 0 Å². The molecule has 8 unspecified atom stereocenters. The van der Waals surface area contributed by atoms with E-state index in [1.807, 2.05) is 24.3 Å². The van der Waals surface area contributed by atoms with E-state index in [9.17, 15) is 35.1 Å². The second-order valence-electron chi connectivity index (χ2n) is 18.7. The predicted octanol–water partition coefficient (Wildman–Crippen LogP) is 11.8. The summed E-state index contributed by atoms with van der Waals surface area (Å²) in [4.78, 5) is 26.4. The van der Waals surface area contributed by atoms with Crippen molar-refractivity contribution in [3.8, 4) is 0 Å². The van der Waals surface area contributed by atoms with Gasteiger partial charge in [0.15, 0.2) is 12.4 Å². The Morgan fingerprint density at radius 1 is 0.580 bits per heavy atom. The molecule has 0 aromatic heterocycles. The fourth-order valence-electron chi connectivity index (χ4n) is 8.06. The van der Waals surface area contributed by atoms with Gasteiger partial charge in [-0.15, -0.1) is 0 Å². The van der Waals surface area contributed by atoms with Crippen LogP contribution in [0.15, 0.2) is 85.1 Å². The van der Waals surface area contributed by atoms with E-state index in [0.717, 1.165) is 122 Å². The maximum atomic E-state index is 13.3. The molecule has 396 valence electrons. The minimum absolute atomic E-state index is 0.105. The number of allylic oxidation sites excluding steroid dienone is 13. The molecule has 0 bridgehead atoms. The molecular formula is C58H99NO10. The summed E-state index contributed by atoms with van der Waals surface area (Å²) >= 11 is 0. The molecule has 0 aliphatic carbocycles. The number of esters is 1. The third-order valence-electron chi connectivity index (χ3n) is 12.4. The minimum atomic E-state index is -1.62. The number of nitrogens with one attached hydrogen (secondary N) is 1. The van der Waals surface area contributed by atoms with Gasteiger partial charge in [-0.2, -0.15) is 0 Å². The molecule has 0 saturated carbocycles. The molecule has 8 atom stereocenters. The zero-order chi connectivity index (χ0) is 50.4. The molecule has 69 heavy (non-hydrogen) atoms. The van der Waals surface area contributed by atoms with E-state index in [-0.39, 0.29) is 19.4 Å². The Kier molecular flexibility index (Phi) is 42.5. The van der Waals surface area contributed by atoms with Crippen LogP contribution in [0.1, 0.15) is 207 Å². The average molecular weight is 970 g/mol. The van der Waals surface area contributed by atoms with E-state index in [0.29, 0.717) is 12.8 Å². The van der Waals surface area contributed by atoms with Crippen LogP contribution < -0.4 is 5.32 Å². The Morgan fingerprint density at radius 3 is 1.55 bits per heavy atom. The smallest absolute Gasteiger partial charge is 0.306 e. The lowest BCUT2D eigenvalue weighted by Crippen LogP contribution is -2.61. The summed E-state index contributed by atoms with van der Waals surface area (Å²) in [5.41, 5.74) is 0. The molecule has 0 radical (unpaired) electrons. The van der Waals surface area contributed by atoms with Gasteiger partial charge >= 0.3 is 5.97 Å². The van der Waals surface area contributed by atoms with Crippen molar-refractivity contribution in [3.05, 3.63) is 85.1 Å². The normalized spacial score (nSPS) is 20.5. The Morgan fingerprint density at radius 2 is 1.04 bits per heavy atom. The Labute approximate surface area is 419 Å². The van der Waals surface area contributed by atoms with E-state index in [1.54, 1.807) is 6.08 Å². The van der Waals surface area contributed by atoms with Gasteiger partial charge in [-0.3, -0.25) is 9.59 Å². The van der Waals surface area contributed by atoms with E-state index in [1.165, 1.54) is 38.5 Å². The van der Waals surface area contributed by atoms with Crippen molar-refractivity contribution >= 4 is 11.9 Å². The summed E-state index contributed by atoms with van der Waals surface area (Å²) in [5.74, 6) is -1.23. The van der Waals surface area contributed by atoms with Crippen molar-refractivity contribution in [2.75, 3.05) is 13.2 Å². The standard InChI is InChI=1S/C58H99NO10/c1-4-7-10-13-16-19-22-24-26-28-31-34-37-40-43-46-53(63)69-56-55(65)54(64)52(47-60)68-58(56)67-48-49(50(61)44-41-38-35-32-29-21-18-15-12-9-6-3)59-57(66)51(62)45-42-39-36-33-30-27-25-23-20-17-14-11-8-5-2/h7-8,10-11,13-14,16-17,19-20,22-23,41,44,49-52,54-56,58,60-62,64-65H,4-6,9,12,15,18,21,24-40,42-43,45-48H2,1-3H3,(H,59,66)/b10-7+,11-8+,16-13+,17-14+,22-19+,23-20+,44-41+. The summed E-state index contributed by atoms with van der Waals surface area (Å²) < 4.78 is 17.5. The van der Waals surface area contributed by atoms with Crippen molar-refractivity contribution in [1.82, 2.24) is 5.32 Å². The van der Waals surface area contributed by atoms with Crippen LogP contribution in [0.3, 0.4) is 0 Å². The highest BCUT2D eigenvalue weighted by atomic mass is 16.7. The number of aliphatic hydroxyl groups is 5. The van der Waals surface area contributed by atoms with Gasteiger partial charge in [0.25, 0.3) is 0 Å². The van der Waals surface area contributed by atoms with Gasteiger partial charge in [0.1, 0.15) is 24.4 Å². The van der Waals surface area contributed by atoms with Crippen LogP contribution in [0, 0.1) is 0 Å². The largest absolute Gasteiger partial charge is 0.454 e. The molecule has 1 aliphatic rings. The monoisotopic (exact) mass is 970 g/mol. The molecule has 0 spiro atoms. The van der Waals surface area contributed by atoms with Crippen molar-refractivity contribution in [2.45, 2.75) is 256 Å². The number of ether oxygens (including phenoxy) is 3. The molecule has 1 rings (SSSR count). The predicted molar refractivity (Wildman–Crippen MR) is 282 cm³/mol. The number of amides is 1. The summed E-state index contributed by atoms with van der Waals surface area (Å²) in [7, 11) is 0. The second kappa shape index (κ2) is 45.9. The number of hydrogen-bond acceptors (Lipinski definition) is 10. The lowest BCUT2D eigenvalue weighted by molar-refractivity contribution is -0.305. The molecule has 1 amide bonds. The maximum absolute atomic E-state index is 13.3. The number of rotatable bonds is 44. The number of carbonyl (C=O) groups excluding carboxylic acids is 2. The Bertz CT molecular complexity index is 1440. The van der Waals surface area contributed by atoms with Crippen LogP contribution in [0.5, 0.6) is 0 Å². The third kappa shape index (κ3) is 34.7. The first kappa shape index (κ1) is 63.9. The van der Waals surface area contributed by atoms with Crippen molar-refractivity contribution in [3.63, 3.8) is 0 Å². The fourth-order valence-corrected chi connectivity index (χ4v) is 8.06. The lowest BCUT2D eigenvalue weighted by Gasteiger charge is -2.41. The number of unbranched alkanes of at least 4 members (excludes halogenated alkanes) is 22. The molecule has 0 aromatic rings. The molecule has 11 heteroatoms. The van der Waals surface area contributed by atoms with Gasteiger partial charge in [0.05, 0.1) is 25.4 Å². The fraction of sp³-hybridized carbons (Fsp3) is 0.724. The van der Waals surface area contributed by atoms with Crippen LogP contribution in [-0.4, -0.2) is 99.6 Å². The van der Waals surface area contributed by atoms with E-state index < -0.39 is 67.4 Å².